The quantitative estimate of drug-likeness (QED) is 0.167. The molecular formula is C6H17N3S9. The highest BCUT2D eigenvalue weighted by atomic mass is 33.5. The van der Waals surface area contributed by atoms with Gasteiger partial charge in [-0.25, -0.2) is 12.9 Å². The molecule has 0 aliphatic heterocycles. The van der Waals surface area contributed by atoms with Crippen LogP contribution in [0.3, 0.4) is 0 Å². The Morgan fingerprint density at radius 1 is 0.667 bits per heavy atom. The van der Waals surface area contributed by atoms with Crippen LogP contribution in [-0.4, -0.2) is 39.3 Å². The fourth-order valence-corrected chi connectivity index (χ4v) is 6.92. The maximum absolute atomic E-state index is 4.21. The minimum atomic E-state index is 0.862. The standard InChI is InChI=1S/C6H17N3S9/c1-3-7(13-16-10)5-9(15-18-12)6-8(4-2)14-17-11/h10-12H,3-6H2,1-2H3. The van der Waals surface area contributed by atoms with Gasteiger partial charge in [0.1, 0.15) is 0 Å². The molecule has 0 aromatic heterocycles. The summed E-state index contributed by atoms with van der Waals surface area (Å²) in [5.74, 6) is 0. The summed E-state index contributed by atoms with van der Waals surface area (Å²) in [6.45, 7) is 7.97. The molecule has 0 aromatic rings. The van der Waals surface area contributed by atoms with Gasteiger partial charge in [-0.1, -0.05) is 48.8 Å². The highest BCUT2D eigenvalue weighted by molar-refractivity contribution is 9.05. The van der Waals surface area contributed by atoms with Crippen molar-refractivity contribution >= 4 is 97.4 Å². The summed E-state index contributed by atoms with van der Waals surface area (Å²) in [6.07, 6.45) is 0. The number of hydrogen-bond acceptors (Lipinski definition) is 12. The monoisotopic (exact) mass is 419 g/mol. The molecule has 110 valence electrons. The fraction of sp³-hybridized carbons (Fsp3) is 1.00. The van der Waals surface area contributed by atoms with Gasteiger partial charge in [0.2, 0.25) is 0 Å². The third-order valence-corrected chi connectivity index (χ3v) is 7.86. The second-order valence-corrected chi connectivity index (χ2v) is 12.0. The van der Waals surface area contributed by atoms with Crippen LogP contribution in [0.2, 0.25) is 0 Å². The van der Waals surface area contributed by atoms with Crippen molar-refractivity contribution in [3.05, 3.63) is 0 Å². The average Bonchev–Trinajstić information content (AvgIpc) is 2.37. The molecule has 0 rings (SSSR count). The molecule has 0 saturated carbocycles. The minimum Gasteiger partial charge on any atom is -0.226 e. The summed E-state index contributed by atoms with van der Waals surface area (Å²) in [5.41, 5.74) is 0. The van der Waals surface area contributed by atoms with Gasteiger partial charge in [0.05, 0.1) is 13.3 Å². The number of thiol groups is 3. The van der Waals surface area contributed by atoms with Crippen molar-refractivity contribution in [2.24, 2.45) is 0 Å². The molecule has 0 heterocycles. The first-order valence-electron chi connectivity index (χ1n) is 4.91. The third kappa shape index (κ3) is 10.7. The van der Waals surface area contributed by atoms with E-state index in [0.717, 1.165) is 26.4 Å². The molecule has 12 heteroatoms. The average molecular weight is 420 g/mol. The zero-order valence-electron chi connectivity index (χ0n) is 9.96. The van der Waals surface area contributed by atoms with Gasteiger partial charge in [0, 0.05) is 46.0 Å². The van der Waals surface area contributed by atoms with E-state index in [2.05, 4.69) is 61.7 Å². The maximum Gasteiger partial charge on any atom is 0.0734 e. The lowest BCUT2D eigenvalue weighted by Gasteiger charge is -2.29. The Bertz CT molecular complexity index is 172. The molecule has 0 unspecified atom stereocenters. The highest BCUT2D eigenvalue weighted by Gasteiger charge is 2.15. The van der Waals surface area contributed by atoms with Gasteiger partial charge >= 0.3 is 0 Å². The number of nitrogens with zero attached hydrogens (tertiary/aromatic N) is 3. The molecule has 0 amide bonds. The number of rotatable bonds is 12. The van der Waals surface area contributed by atoms with E-state index < -0.39 is 0 Å². The zero-order valence-corrected chi connectivity index (χ0v) is 17.5. The Hall–Kier alpha value is 3.03. The second kappa shape index (κ2) is 14.9. The lowest BCUT2D eigenvalue weighted by molar-refractivity contribution is 0.276. The topological polar surface area (TPSA) is 9.72 Å². The van der Waals surface area contributed by atoms with E-state index in [9.17, 15) is 0 Å². The smallest absolute Gasteiger partial charge is 0.0734 e. The van der Waals surface area contributed by atoms with Gasteiger partial charge in [-0.05, 0) is 29.5 Å². The van der Waals surface area contributed by atoms with Crippen LogP contribution in [0.25, 0.3) is 0 Å². The molecule has 0 N–H and O–H groups in total. The molecule has 0 aromatic carbocycles. The largest absolute Gasteiger partial charge is 0.226 e. The van der Waals surface area contributed by atoms with E-state index in [4.69, 9.17) is 0 Å². The normalized spacial score (nSPS) is 12.0. The van der Waals surface area contributed by atoms with E-state index in [1.165, 1.54) is 29.5 Å². The molecule has 0 saturated heterocycles. The van der Waals surface area contributed by atoms with Crippen LogP contribution in [-0.2, 0) is 0 Å². The summed E-state index contributed by atoms with van der Waals surface area (Å²) >= 11 is 12.6. The Balaban J connectivity index is 4.25. The summed E-state index contributed by atoms with van der Waals surface area (Å²) in [4.78, 5) is 0. The van der Waals surface area contributed by atoms with Crippen LogP contribution >= 0.6 is 97.4 Å². The van der Waals surface area contributed by atoms with Crippen LogP contribution in [0, 0.1) is 0 Å². The van der Waals surface area contributed by atoms with Crippen molar-refractivity contribution in [1.82, 2.24) is 12.9 Å². The van der Waals surface area contributed by atoms with E-state index >= 15 is 0 Å². The van der Waals surface area contributed by atoms with E-state index in [-0.39, 0.29) is 0 Å². The molecule has 3 nitrogen and oxygen atoms in total. The van der Waals surface area contributed by atoms with Crippen LogP contribution in [0.4, 0.5) is 0 Å². The maximum atomic E-state index is 4.21. The Labute approximate surface area is 149 Å². The Morgan fingerprint density at radius 3 is 1.28 bits per heavy atom. The second-order valence-electron chi connectivity index (χ2n) is 2.81. The lowest BCUT2D eigenvalue weighted by atomic mass is 10.7. The van der Waals surface area contributed by atoms with Gasteiger partial charge in [-0.3, -0.25) is 0 Å². The molecular weight excluding hydrogens is 403 g/mol. The Kier molecular flexibility index (Phi) is 17.5. The molecule has 0 fully saturated rings. The SMILES string of the molecule is CCN(CN(CN(CC)SSS)SSS)SSS. The van der Waals surface area contributed by atoms with E-state index in [1.807, 2.05) is 0 Å². The summed E-state index contributed by atoms with van der Waals surface area (Å²) in [6, 6.07) is 0. The summed E-state index contributed by atoms with van der Waals surface area (Å²) in [7, 11) is 9.37. The summed E-state index contributed by atoms with van der Waals surface area (Å²) in [5, 5.41) is 0. The van der Waals surface area contributed by atoms with Gasteiger partial charge in [0.25, 0.3) is 0 Å². The molecule has 0 atom stereocenters. The van der Waals surface area contributed by atoms with Crippen molar-refractivity contribution in [2.75, 3.05) is 26.4 Å². The van der Waals surface area contributed by atoms with Gasteiger partial charge in [0.15, 0.2) is 0 Å². The van der Waals surface area contributed by atoms with E-state index in [0.29, 0.717) is 0 Å². The Morgan fingerprint density at radius 2 is 1.00 bits per heavy atom. The van der Waals surface area contributed by atoms with E-state index in [1.54, 1.807) is 32.9 Å². The predicted octanol–water partition coefficient (Wildman–Crippen LogP) is 5.27. The van der Waals surface area contributed by atoms with Crippen molar-refractivity contribution in [2.45, 2.75) is 13.8 Å². The van der Waals surface area contributed by atoms with Gasteiger partial charge in [-0.2, -0.15) is 0 Å². The predicted molar refractivity (Wildman–Crippen MR) is 109 cm³/mol. The molecule has 0 aliphatic rings. The molecule has 0 bridgehead atoms. The van der Waals surface area contributed by atoms with Crippen molar-refractivity contribution in [3.63, 3.8) is 0 Å². The minimum absolute atomic E-state index is 0.862. The lowest BCUT2D eigenvalue weighted by Crippen LogP contribution is -2.35. The highest BCUT2D eigenvalue weighted by Crippen LogP contribution is 2.35. The number of hydrogen-bond donors (Lipinski definition) is 3. The zero-order chi connectivity index (χ0) is 13.8. The van der Waals surface area contributed by atoms with Crippen molar-refractivity contribution in [1.29, 1.82) is 0 Å². The fourth-order valence-electron chi connectivity index (χ4n) is 0.938. The van der Waals surface area contributed by atoms with Crippen LogP contribution < -0.4 is 0 Å². The van der Waals surface area contributed by atoms with Crippen molar-refractivity contribution in [3.8, 4) is 0 Å². The molecule has 0 aliphatic carbocycles. The molecule has 0 radical (unpaired) electrons. The van der Waals surface area contributed by atoms with Gasteiger partial charge in [-0.15, -0.1) is 0 Å². The van der Waals surface area contributed by atoms with Crippen LogP contribution in [0.15, 0.2) is 0 Å². The molecule has 0 spiro atoms. The molecule has 18 heavy (non-hydrogen) atoms. The van der Waals surface area contributed by atoms with Gasteiger partial charge < -0.3 is 0 Å². The first-order valence-corrected chi connectivity index (χ1v) is 14.4. The van der Waals surface area contributed by atoms with Crippen molar-refractivity contribution < 1.29 is 0 Å². The van der Waals surface area contributed by atoms with Crippen LogP contribution in [0.5, 0.6) is 0 Å². The first kappa shape index (κ1) is 21.0. The first-order chi connectivity index (χ1) is 8.71. The van der Waals surface area contributed by atoms with Crippen LogP contribution in [0.1, 0.15) is 13.8 Å². The summed E-state index contributed by atoms with van der Waals surface area (Å²) < 4.78 is 6.76. The third-order valence-electron chi connectivity index (χ3n) is 1.75.